The van der Waals surface area contributed by atoms with E-state index in [0.717, 1.165) is 79.3 Å². The van der Waals surface area contributed by atoms with Gasteiger partial charge in [-0.05, 0) is 38.2 Å². The molecule has 0 saturated heterocycles. The van der Waals surface area contributed by atoms with Gasteiger partial charge in [-0.3, -0.25) is 0 Å². The quantitative estimate of drug-likeness (QED) is 0.415. The van der Waals surface area contributed by atoms with Crippen LogP contribution in [-0.2, 0) is 13.0 Å². The van der Waals surface area contributed by atoms with Crippen LogP contribution >= 0.6 is 0 Å². The van der Waals surface area contributed by atoms with Crippen LogP contribution in [0.2, 0.25) is 0 Å². The Morgan fingerprint density at radius 2 is 1.94 bits per heavy atom. The zero-order valence-electron chi connectivity index (χ0n) is 19.2. The minimum Gasteiger partial charge on any atom is -0.382 e. The summed E-state index contributed by atoms with van der Waals surface area (Å²) < 4.78 is 2.33. The molecule has 0 bridgehead atoms. The van der Waals surface area contributed by atoms with Crippen molar-refractivity contribution in [3.8, 4) is 0 Å². The minimum atomic E-state index is -0.0292. The van der Waals surface area contributed by atoms with Gasteiger partial charge in [-0.2, -0.15) is 0 Å². The number of aryl methyl sites for hydroxylation is 2. The van der Waals surface area contributed by atoms with Crippen LogP contribution in [0.4, 0.5) is 10.6 Å². The van der Waals surface area contributed by atoms with Crippen molar-refractivity contribution in [1.82, 2.24) is 25.2 Å². The van der Waals surface area contributed by atoms with Gasteiger partial charge >= 0.3 is 6.03 Å². The summed E-state index contributed by atoms with van der Waals surface area (Å²) in [5.74, 6) is 1.57. The van der Waals surface area contributed by atoms with Crippen molar-refractivity contribution in [2.75, 3.05) is 12.3 Å². The van der Waals surface area contributed by atoms with Crippen LogP contribution in [0, 0.1) is 0 Å². The average Bonchev–Trinajstić information content (AvgIpc) is 3.17. The molecule has 2 aromatic heterocycles. The molecule has 0 spiro atoms. The molecule has 4 N–H and O–H groups in total. The lowest BCUT2D eigenvalue weighted by Gasteiger charge is -2.22. The summed E-state index contributed by atoms with van der Waals surface area (Å²) in [6.07, 6.45) is 11.0. The molecule has 1 aromatic carbocycles. The SMILES string of the molecule is CCCCc1nc2c(N)nc3ccccc3c2n1CCCCNC(=O)NC1CCCCC1. The van der Waals surface area contributed by atoms with E-state index in [4.69, 9.17) is 10.7 Å². The van der Waals surface area contributed by atoms with Gasteiger partial charge in [0.2, 0.25) is 0 Å². The van der Waals surface area contributed by atoms with Crippen molar-refractivity contribution in [1.29, 1.82) is 0 Å². The van der Waals surface area contributed by atoms with Gasteiger partial charge in [-0.25, -0.2) is 14.8 Å². The highest BCUT2D eigenvalue weighted by Crippen LogP contribution is 2.29. The van der Waals surface area contributed by atoms with Gasteiger partial charge in [-0.15, -0.1) is 0 Å². The Morgan fingerprint density at radius 1 is 1.12 bits per heavy atom. The second kappa shape index (κ2) is 10.7. The number of anilines is 1. The first-order chi connectivity index (χ1) is 15.7. The Labute approximate surface area is 190 Å². The van der Waals surface area contributed by atoms with Gasteiger partial charge in [0.1, 0.15) is 11.3 Å². The first-order valence-electron chi connectivity index (χ1n) is 12.2. The van der Waals surface area contributed by atoms with Crippen LogP contribution in [0.1, 0.15) is 70.5 Å². The maximum atomic E-state index is 12.2. The predicted molar refractivity (Wildman–Crippen MR) is 131 cm³/mol. The number of benzene rings is 1. The number of pyridine rings is 1. The van der Waals surface area contributed by atoms with Crippen molar-refractivity contribution >= 4 is 33.8 Å². The fourth-order valence-corrected chi connectivity index (χ4v) is 4.75. The van der Waals surface area contributed by atoms with Gasteiger partial charge in [0.05, 0.1) is 11.0 Å². The Balaban J connectivity index is 1.41. The number of nitrogens with one attached hydrogen (secondary N) is 2. The van der Waals surface area contributed by atoms with Crippen molar-refractivity contribution in [3.63, 3.8) is 0 Å². The fraction of sp³-hybridized carbons (Fsp3) is 0.560. The van der Waals surface area contributed by atoms with Gasteiger partial charge in [0.25, 0.3) is 0 Å². The maximum Gasteiger partial charge on any atom is 0.315 e. The van der Waals surface area contributed by atoms with E-state index in [-0.39, 0.29) is 6.03 Å². The van der Waals surface area contributed by atoms with E-state index in [0.29, 0.717) is 18.4 Å². The van der Waals surface area contributed by atoms with E-state index < -0.39 is 0 Å². The van der Waals surface area contributed by atoms with Crippen LogP contribution in [0.15, 0.2) is 24.3 Å². The molecule has 2 amide bonds. The number of nitrogens with zero attached hydrogens (tertiary/aromatic N) is 3. The van der Waals surface area contributed by atoms with Gasteiger partial charge in [0, 0.05) is 30.9 Å². The van der Waals surface area contributed by atoms with Gasteiger partial charge in [0.15, 0.2) is 5.82 Å². The molecule has 172 valence electrons. The molecule has 1 aliphatic carbocycles. The average molecular weight is 437 g/mol. The molecule has 0 radical (unpaired) electrons. The number of aromatic nitrogens is 3. The van der Waals surface area contributed by atoms with E-state index in [1.165, 1.54) is 19.3 Å². The maximum absolute atomic E-state index is 12.2. The van der Waals surface area contributed by atoms with Crippen molar-refractivity contribution in [3.05, 3.63) is 30.1 Å². The van der Waals surface area contributed by atoms with Crippen LogP contribution in [0.5, 0.6) is 0 Å². The molecule has 2 heterocycles. The number of nitrogen functional groups attached to an aromatic ring is 1. The third kappa shape index (κ3) is 5.14. The van der Waals surface area contributed by atoms with E-state index in [1.807, 2.05) is 18.2 Å². The summed E-state index contributed by atoms with van der Waals surface area (Å²) >= 11 is 0. The number of rotatable bonds is 9. The molecular formula is C25H36N6O. The van der Waals surface area contributed by atoms with E-state index in [2.05, 4.69) is 33.2 Å². The lowest BCUT2D eigenvalue weighted by Crippen LogP contribution is -2.43. The molecule has 0 aliphatic heterocycles. The molecule has 1 aliphatic rings. The first kappa shape index (κ1) is 22.4. The number of para-hydroxylation sites is 1. The third-order valence-electron chi connectivity index (χ3n) is 6.48. The molecule has 7 heteroatoms. The van der Waals surface area contributed by atoms with Crippen molar-refractivity contribution in [2.45, 2.75) is 83.7 Å². The fourth-order valence-electron chi connectivity index (χ4n) is 4.75. The largest absolute Gasteiger partial charge is 0.382 e. The minimum absolute atomic E-state index is 0.0292. The highest BCUT2D eigenvalue weighted by molar-refractivity contribution is 6.06. The molecular weight excluding hydrogens is 400 g/mol. The topological polar surface area (TPSA) is 97.9 Å². The van der Waals surface area contributed by atoms with Gasteiger partial charge in [-0.1, -0.05) is 50.8 Å². The number of urea groups is 1. The van der Waals surface area contributed by atoms with E-state index in [9.17, 15) is 4.79 Å². The Bertz CT molecular complexity index is 1050. The number of carbonyl (C=O) groups is 1. The van der Waals surface area contributed by atoms with E-state index >= 15 is 0 Å². The summed E-state index contributed by atoms with van der Waals surface area (Å²) in [5.41, 5.74) is 9.07. The number of amides is 2. The smallest absolute Gasteiger partial charge is 0.315 e. The van der Waals surface area contributed by atoms with Crippen LogP contribution in [-0.4, -0.2) is 33.2 Å². The lowest BCUT2D eigenvalue weighted by atomic mass is 9.96. The van der Waals surface area contributed by atoms with Crippen molar-refractivity contribution < 1.29 is 4.79 Å². The summed E-state index contributed by atoms with van der Waals surface area (Å²) in [7, 11) is 0. The molecule has 4 rings (SSSR count). The lowest BCUT2D eigenvalue weighted by molar-refractivity contribution is 0.232. The van der Waals surface area contributed by atoms with E-state index in [1.54, 1.807) is 0 Å². The second-order valence-corrected chi connectivity index (χ2v) is 8.94. The molecule has 3 aromatic rings. The second-order valence-electron chi connectivity index (χ2n) is 8.94. The molecule has 0 atom stereocenters. The summed E-state index contributed by atoms with van der Waals surface area (Å²) in [6, 6.07) is 8.44. The molecule has 7 nitrogen and oxygen atoms in total. The zero-order chi connectivity index (χ0) is 22.3. The van der Waals surface area contributed by atoms with Crippen LogP contribution in [0.3, 0.4) is 0 Å². The number of carbonyl (C=O) groups excluding carboxylic acids is 1. The van der Waals surface area contributed by atoms with Crippen LogP contribution in [0.25, 0.3) is 21.9 Å². The number of fused-ring (bicyclic) bond motifs is 3. The number of imidazole rings is 1. The highest BCUT2D eigenvalue weighted by atomic mass is 16.2. The standard InChI is InChI=1S/C25H36N6O/c1-2-3-15-21-30-22-23(19-13-7-8-14-20(19)29-24(22)26)31(21)17-10-9-16-27-25(32)28-18-11-5-4-6-12-18/h7-8,13-14,18H,2-6,9-12,15-17H2,1H3,(H2,26,29)(H2,27,28,32). The normalized spacial score (nSPS) is 14.8. The number of unbranched alkanes of at least 4 members (excludes halogenated alkanes) is 2. The Hall–Kier alpha value is -2.83. The monoisotopic (exact) mass is 436 g/mol. The summed E-state index contributed by atoms with van der Waals surface area (Å²) in [5, 5.41) is 7.24. The first-order valence-corrected chi connectivity index (χ1v) is 12.2. The number of hydrogen-bond acceptors (Lipinski definition) is 4. The molecule has 32 heavy (non-hydrogen) atoms. The molecule has 0 unspecified atom stereocenters. The molecule has 1 fully saturated rings. The van der Waals surface area contributed by atoms with Crippen LogP contribution < -0.4 is 16.4 Å². The highest BCUT2D eigenvalue weighted by Gasteiger charge is 2.17. The summed E-state index contributed by atoms with van der Waals surface area (Å²) in [4.78, 5) is 21.6. The van der Waals surface area contributed by atoms with Crippen molar-refractivity contribution in [2.24, 2.45) is 0 Å². The third-order valence-corrected chi connectivity index (χ3v) is 6.48. The zero-order valence-corrected chi connectivity index (χ0v) is 19.2. The molecule has 1 saturated carbocycles. The Kier molecular flexibility index (Phi) is 7.45. The summed E-state index contributed by atoms with van der Waals surface area (Å²) in [6.45, 7) is 3.73. The Morgan fingerprint density at radius 3 is 2.75 bits per heavy atom. The predicted octanol–water partition coefficient (Wildman–Crippen LogP) is 4.92. The number of nitrogens with two attached hydrogens (primary N) is 1. The van der Waals surface area contributed by atoms with Gasteiger partial charge < -0.3 is 20.9 Å². The number of hydrogen-bond donors (Lipinski definition) is 3.